The van der Waals surface area contributed by atoms with Gasteiger partial charge in [0.15, 0.2) is 0 Å². The molecule has 0 aromatic heterocycles. The summed E-state index contributed by atoms with van der Waals surface area (Å²) in [5.41, 5.74) is 12.3. The summed E-state index contributed by atoms with van der Waals surface area (Å²) in [7, 11) is 1.73. The first kappa shape index (κ1) is 14.6. The number of ether oxygens (including phenoxy) is 1. The first-order valence-electron chi connectivity index (χ1n) is 6.99. The summed E-state index contributed by atoms with van der Waals surface area (Å²) < 4.78 is 5.50. The van der Waals surface area contributed by atoms with Gasteiger partial charge in [-0.15, -0.1) is 0 Å². The van der Waals surface area contributed by atoms with Crippen molar-refractivity contribution in [1.82, 2.24) is 0 Å². The molecule has 0 bridgehead atoms. The first-order chi connectivity index (χ1) is 9.60. The lowest BCUT2D eigenvalue weighted by Gasteiger charge is -2.22. The second-order valence-corrected chi connectivity index (χ2v) is 5.26. The number of hydrogen-bond donors (Lipinski definition) is 1. The lowest BCUT2D eigenvalue weighted by atomic mass is 9.85. The van der Waals surface area contributed by atoms with Gasteiger partial charge in [0.05, 0.1) is 7.11 Å². The smallest absolute Gasteiger partial charge is 0.124 e. The van der Waals surface area contributed by atoms with E-state index in [1.54, 1.807) is 7.11 Å². The summed E-state index contributed by atoms with van der Waals surface area (Å²) >= 11 is 0. The molecule has 0 aliphatic carbocycles. The Kier molecular flexibility index (Phi) is 4.46. The fourth-order valence-electron chi connectivity index (χ4n) is 2.89. The lowest BCUT2D eigenvalue weighted by molar-refractivity contribution is 0.408. The summed E-state index contributed by atoms with van der Waals surface area (Å²) in [5.74, 6) is 1.22. The molecule has 0 fully saturated rings. The zero-order valence-corrected chi connectivity index (χ0v) is 12.7. The molecule has 0 aliphatic rings. The van der Waals surface area contributed by atoms with E-state index >= 15 is 0 Å². The number of rotatable bonds is 4. The summed E-state index contributed by atoms with van der Waals surface area (Å²) in [6.07, 6.45) is 0. The van der Waals surface area contributed by atoms with Crippen LogP contribution in [0, 0.1) is 20.8 Å². The van der Waals surface area contributed by atoms with Crippen LogP contribution in [0.5, 0.6) is 5.75 Å². The minimum absolute atomic E-state index is 0.236. The van der Waals surface area contributed by atoms with E-state index in [2.05, 4.69) is 51.1 Å². The summed E-state index contributed by atoms with van der Waals surface area (Å²) in [5, 5.41) is 0. The summed E-state index contributed by atoms with van der Waals surface area (Å²) in [6.45, 7) is 6.96. The molecule has 2 N–H and O–H groups in total. The Morgan fingerprint density at radius 3 is 2.25 bits per heavy atom. The van der Waals surface area contributed by atoms with Gasteiger partial charge >= 0.3 is 0 Å². The van der Waals surface area contributed by atoms with Gasteiger partial charge in [-0.25, -0.2) is 0 Å². The Balaban J connectivity index is 2.57. The quantitative estimate of drug-likeness (QED) is 0.918. The van der Waals surface area contributed by atoms with Crippen molar-refractivity contribution in [2.24, 2.45) is 5.73 Å². The van der Waals surface area contributed by atoms with E-state index in [1.807, 2.05) is 6.07 Å². The highest BCUT2D eigenvalue weighted by molar-refractivity contribution is 5.52. The highest BCUT2D eigenvalue weighted by Crippen LogP contribution is 2.34. The second kappa shape index (κ2) is 6.10. The van der Waals surface area contributed by atoms with E-state index in [4.69, 9.17) is 10.5 Å². The van der Waals surface area contributed by atoms with Crippen molar-refractivity contribution < 1.29 is 4.74 Å². The Hall–Kier alpha value is -1.80. The van der Waals surface area contributed by atoms with E-state index < -0.39 is 0 Å². The molecule has 0 saturated carbocycles. The molecule has 0 radical (unpaired) electrons. The zero-order valence-electron chi connectivity index (χ0n) is 12.7. The zero-order chi connectivity index (χ0) is 14.7. The molecule has 2 heteroatoms. The maximum Gasteiger partial charge on any atom is 0.124 e. The largest absolute Gasteiger partial charge is 0.496 e. The fourth-order valence-corrected chi connectivity index (χ4v) is 2.89. The minimum atomic E-state index is 0.236. The van der Waals surface area contributed by atoms with Crippen molar-refractivity contribution in [2.75, 3.05) is 13.7 Å². The molecule has 2 rings (SSSR count). The van der Waals surface area contributed by atoms with Gasteiger partial charge in [0, 0.05) is 12.5 Å². The third-order valence-electron chi connectivity index (χ3n) is 4.08. The second-order valence-electron chi connectivity index (χ2n) is 5.26. The molecular weight excluding hydrogens is 246 g/mol. The average molecular weight is 269 g/mol. The molecule has 0 spiro atoms. The molecular formula is C18H23NO. The number of methoxy groups -OCH3 is 1. The molecule has 106 valence electrons. The van der Waals surface area contributed by atoms with Crippen LogP contribution in [-0.2, 0) is 0 Å². The third-order valence-corrected chi connectivity index (χ3v) is 4.08. The fraction of sp³-hybridized carbons (Fsp3) is 0.333. The number of hydrogen-bond acceptors (Lipinski definition) is 2. The number of benzene rings is 2. The van der Waals surface area contributed by atoms with Crippen LogP contribution in [0.1, 0.15) is 33.7 Å². The number of aryl methyl sites for hydroxylation is 1. The topological polar surface area (TPSA) is 35.2 Å². The summed E-state index contributed by atoms with van der Waals surface area (Å²) in [4.78, 5) is 0. The van der Waals surface area contributed by atoms with Crippen LogP contribution in [0.2, 0.25) is 0 Å². The molecule has 0 amide bonds. The van der Waals surface area contributed by atoms with Crippen molar-refractivity contribution in [2.45, 2.75) is 26.7 Å². The van der Waals surface area contributed by atoms with Crippen molar-refractivity contribution >= 4 is 0 Å². The molecule has 0 aliphatic heterocycles. The Bertz CT molecular complexity index is 590. The first-order valence-corrected chi connectivity index (χ1v) is 6.99. The van der Waals surface area contributed by atoms with Crippen LogP contribution < -0.4 is 10.5 Å². The predicted octanol–water partition coefficient (Wildman–Crippen LogP) is 3.71. The van der Waals surface area contributed by atoms with Crippen LogP contribution in [-0.4, -0.2) is 13.7 Å². The maximum atomic E-state index is 6.05. The van der Waals surface area contributed by atoms with Crippen LogP contribution in [0.4, 0.5) is 0 Å². The molecule has 1 unspecified atom stereocenters. The van der Waals surface area contributed by atoms with E-state index in [1.165, 1.54) is 27.8 Å². The molecule has 2 aromatic carbocycles. The molecule has 20 heavy (non-hydrogen) atoms. The van der Waals surface area contributed by atoms with E-state index in [0.717, 1.165) is 5.75 Å². The van der Waals surface area contributed by atoms with Gasteiger partial charge in [0.25, 0.3) is 0 Å². The van der Waals surface area contributed by atoms with Gasteiger partial charge in [-0.05, 0) is 48.6 Å². The Labute approximate surface area is 121 Å². The number of nitrogens with two attached hydrogens (primary N) is 1. The third kappa shape index (κ3) is 2.56. The van der Waals surface area contributed by atoms with Crippen LogP contribution in [0.25, 0.3) is 0 Å². The van der Waals surface area contributed by atoms with Gasteiger partial charge in [-0.2, -0.15) is 0 Å². The highest BCUT2D eigenvalue weighted by Gasteiger charge is 2.18. The molecule has 0 heterocycles. The van der Waals surface area contributed by atoms with Crippen LogP contribution in [0.3, 0.4) is 0 Å². The monoisotopic (exact) mass is 269 g/mol. The molecule has 1 atom stereocenters. The van der Waals surface area contributed by atoms with E-state index in [9.17, 15) is 0 Å². The van der Waals surface area contributed by atoms with E-state index in [0.29, 0.717) is 6.54 Å². The Morgan fingerprint density at radius 2 is 1.70 bits per heavy atom. The highest BCUT2D eigenvalue weighted by atomic mass is 16.5. The molecule has 0 saturated heterocycles. The van der Waals surface area contributed by atoms with E-state index in [-0.39, 0.29) is 5.92 Å². The molecule has 2 aromatic rings. The predicted molar refractivity (Wildman–Crippen MR) is 84.5 cm³/mol. The van der Waals surface area contributed by atoms with Gasteiger partial charge in [-0.3, -0.25) is 0 Å². The van der Waals surface area contributed by atoms with Gasteiger partial charge in [0.1, 0.15) is 5.75 Å². The van der Waals surface area contributed by atoms with Crippen molar-refractivity contribution in [3.8, 4) is 5.75 Å². The minimum Gasteiger partial charge on any atom is -0.496 e. The van der Waals surface area contributed by atoms with Crippen molar-refractivity contribution in [3.63, 3.8) is 0 Å². The van der Waals surface area contributed by atoms with Crippen LogP contribution >= 0.6 is 0 Å². The standard InChI is InChI=1S/C18H23NO/c1-12-10-16(13(2)14(3)18(12)20-4)17(11-19)15-8-6-5-7-9-15/h5-10,17H,11,19H2,1-4H3. The maximum absolute atomic E-state index is 6.05. The van der Waals surface area contributed by atoms with Gasteiger partial charge < -0.3 is 10.5 Å². The van der Waals surface area contributed by atoms with Crippen molar-refractivity contribution in [1.29, 1.82) is 0 Å². The Morgan fingerprint density at radius 1 is 1.05 bits per heavy atom. The SMILES string of the molecule is COc1c(C)cc(C(CN)c2ccccc2)c(C)c1C. The summed E-state index contributed by atoms with van der Waals surface area (Å²) in [6, 6.07) is 12.7. The lowest BCUT2D eigenvalue weighted by Crippen LogP contribution is -2.16. The average Bonchev–Trinajstić information content (AvgIpc) is 2.46. The molecule has 2 nitrogen and oxygen atoms in total. The van der Waals surface area contributed by atoms with Crippen LogP contribution in [0.15, 0.2) is 36.4 Å². The normalized spacial score (nSPS) is 12.2. The van der Waals surface area contributed by atoms with Gasteiger partial charge in [0.2, 0.25) is 0 Å². The van der Waals surface area contributed by atoms with Gasteiger partial charge in [-0.1, -0.05) is 36.4 Å². The van der Waals surface area contributed by atoms with Crippen molar-refractivity contribution in [3.05, 3.63) is 64.2 Å².